The maximum absolute atomic E-state index is 5.93. The molecule has 0 saturated heterocycles. The number of nitrogens with one attached hydrogen (secondary N) is 1. The summed E-state index contributed by atoms with van der Waals surface area (Å²) in [5.41, 5.74) is 5.93. The van der Waals surface area contributed by atoms with Crippen LogP contribution in [0.5, 0.6) is 0 Å². The molecule has 5 heteroatoms. The zero-order valence-corrected chi connectivity index (χ0v) is 11.0. The van der Waals surface area contributed by atoms with Crippen molar-refractivity contribution >= 4 is 11.3 Å². The summed E-state index contributed by atoms with van der Waals surface area (Å²) in [7, 11) is 1.70. The van der Waals surface area contributed by atoms with E-state index in [1.165, 1.54) is 4.88 Å². The molecule has 0 bridgehead atoms. The lowest BCUT2D eigenvalue weighted by molar-refractivity contribution is 0.187. The smallest absolute Gasteiger partial charge is 0.109 e. The predicted octanol–water partition coefficient (Wildman–Crippen LogP) is 1.47. The van der Waals surface area contributed by atoms with Gasteiger partial charge in [-0.2, -0.15) is 0 Å². The molecule has 1 aromatic rings. The van der Waals surface area contributed by atoms with Gasteiger partial charge in [0.05, 0.1) is 6.04 Å². The molecule has 1 rings (SSSR count). The molecule has 0 aliphatic carbocycles. The van der Waals surface area contributed by atoms with E-state index in [9.17, 15) is 0 Å². The number of thiazole rings is 1. The molecule has 92 valence electrons. The van der Waals surface area contributed by atoms with Gasteiger partial charge >= 0.3 is 0 Å². The Kier molecular flexibility index (Phi) is 5.90. The summed E-state index contributed by atoms with van der Waals surface area (Å²) in [6.45, 7) is 5.69. The number of ether oxygens (including phenoxy) is 1. The Morgan fingerprint density at radius 2 is 2.38 bits per heavy atom. The van der Waals surface area contributed by atoms with Crippen molar-refractivity contribution in [2.45, 2.75) is 32.4 Å². The van der Waals surface area contributed by atoms with Gasteiger partial charge in [-0.1, -0.05) is 0 Å². The lowest BCUT2D eigenvalue weighted by Crippen LogP contribution is -2.35. The first-order chi connectivity index (χ1) is 7.63. The molecule has 4 nitrogen and oxygen atoms in total. The van der Waals surface area contributed by atoms with Crippen LogP contribution in [-0.4, -0.2) is 31.3 Å². The van der Waals surface area contributed by atoms with E-state index in [0.717, 1.165) is 18.0 Å². The third-order valence-corrected chi connectivity index (χ3v) is 3.48. The van der Waals surface area contributed by atoms with Gasteiger partial charge in [0.25, 0.3) is 0 Å². The van der Waals surface area contributed by atoms with Crippen molar-refractivity contribution in [2.75, 3.05) is 20.3 Å². The summed E-state index contributed by atoms with van der Waals surface area (Å²) >= 11 is 1.73. The van der Waals surface area contributed by atoms with Crippen molar-refractivity contribution in [2.24, 2.45) is 5.73 Å². The SMILES string of the molecule is COCCC(N)CNC(C)c1ncc(C)s1. The van der Waals surface area contributed by atoms with E-state index in [-0.39, 0.29) is 12.1 Å². The third-order valence-electron chi connectivity index (χ3n) is 2.39. The third kappa shape index (κ3) is 4.57. The van der Waals surface area contributed by atoms with Gasteiger partial charge in [-0.05, 0) is 20.3 Å². The summed E-state index contributed by atoms with van der Waals surface area (Å²) in [4.78, 5) is 5.59. The monoisotopic (exact) mass is 243 g/mol. The fourth-order valence-corrected chi connectivity index (χ4v) is 2.16. The highest BCUT2D eigenvalue weighted by Gasteiger charge is 2.10. The van der Waals surface area contributed by atoms with Crippen molar-refractivity contribution in [3.63, 3.8) is 0 Å². The van der Waals surface area contributed by atoms with Gasteiger partial charge in [-0.25, -0.2) is 4.98 Å². The number of rotatable bonds is 7. The van der Waals surface area contributed by atoms with Crippen LogP contribution < -0.4 is 11.1 Å². The second-order valence-electron chi connectivity index (χ2n) is 3.98. The Morgan fingerprint density at radius 3 is 2.94 bits per heavy atom. The Balaban J connectivity index is 2.27. The molecular formula is C11H21N3OS. The van der Waals surface area contributed by atoms with E-state index in [0.29, 0.717) is 6.61 Å². The molecule has 0 spiro atoms. The fraction of sp³-hybridized carbons (Fsp3) is 0.727. The molecular weight excluding hydrogens is 222 g/mol. The molecule has 0 aliphatic rings. The van der Waals surface area contributed by atoms with Crippen LogP contribution in [-0.2, 0) is 4.74 Å². The summed E-state index contributed by atoms with van der Waals surface area (Å²) in [6, 6.07) is 0.413. The quantitative estimate of drug-likeness (QED) is 0.761. The molecule has 0 fully saturated rings. The van der Waals surface area contributed by atoms with E-state index >= 15 is 0 Å². The van der Waals surface area contributed by atoms with Crippen LogP contribution in [0.3, 0.4) is 0 Å². The van der Waals surface area contributed by atoms with Crippen molar-refractivity contribution in [3.05, 3.63) is 16.1 Å². The number of aryl methyl sites for hydroxylation is 1. The van der Waals surface area contributed by atoms with Gasteiger partial charge in [0.15, 0.2) is 0 Å². The number of hydrogen-bond donors (Lipinski definition) is 2. The normalized spacial score (nSPS) is 15.0. The number of nitrogens with two attached hydrogens (primary N) is 1. The molecule has 1 heterocycles. The fourth-order valence-electron chi connectivity index (χ4n) is 1.36. The van der Waals surface area contributed by atoms with Crippen LogP contribution in [0.1, 0.15) is 29.3 Å². The highest BCUT2D eigenvalue weighted by molar-refractivity contribution is 7.11. The first kappa shape index (κ1) is 13.6. The van der Waals surface area contributed by atoms with Crippen LogP contribution in [0.4, 0.5) is 0 Å². The average molecular weight is 243 g/mol. The maximum atomic E-state index is 5.93. The van der Waals surface area contributed by atoms with E-state index in [1.807, 2.05) is 6.20 Å². The topological polar surface area (TPSA) is 60.2 Å². The van der Waals surface area contributed by atoms with Gasteiger partial charge < -0.3 is 15.8 Å². The number of nitrogens with zero attached hydrogens (tertiary/aromatic N) is 1. The molecule has 0 saturated carbocycles. The second kappa shape index (κ2) is 6.96. The van der Waals surface area contributed by atoms with Gasteiger partial charge in [0, 0.05) is 37.4 Å². The maximum Gasteiger partial charge on any atom is 0.109 e. The lowest BCUT2D eigenvalue weighted by Gasteiger charge is -2.15. The highest BCUT2D eigenvalue weighted by Crippen LogP contribution is 2.18. The number of methoxy groups -OCH3 is 1. The largest absolute Gasteiger partial charge is 0.385 e. The van der Waals surface area contributed by atoms with Crippen LogP contribution in [0.2, 0.25) is 0 Å². The van der Waals surface area contributed by atoms with Gasteiger partial charge in [0.2, 0.25) is 0 Å². The number of hydrogen-bond acceptors (Lipinski definition) is 5. The zero-order chi connectivity index (χ0) is 12.0. The molecule has 0 amide bonds. The van der Waals surface area contributed by atoms with Crippen molar-refractivity contribution in [1.29, 1.82) is 0 Å². The zero-order valence-electron chi connectivity index (χ0n) is 10.2. The molecule has 3 N–H and O–H groups in total. The standard InChI is InChI=1S/C11H21N3OS/c1-8-6-14-11(16-8)9(2)13-7-10(12)4-5-15-3/h6,9-10,13H,4-5,7,12H2,1-3H3. The van der Waals surface area contributed by atoms with Gasteiger partial charge in [-0.15, -0.1) is 11.3 Å². The van der Waals surface area contributed by atoms with E-state index in [4.69, 9.17) is 10.5 Å². The minimum Gasteiger partial charge on any atom is -0.385 e. The Hall–Kier alpha value is -0.490. The summed E-state index contributed by atoms with van der Waals surface area (Å²) in [5.74, 6) is 0. The van der Waals surface area contributed by atoms with E-state index < -0.39 is 0 Å². The van der Waals surface area contributed by atoms with Crippen molar-refractivity contribution < 1.29 is 4.74 Å². The minimum atomic E-state index is 0.142. The van der Waals surface area contributed by atoms with E-state index in [2.05, 4.69) is 24.1 Å². The van der Waals surface area contributed by atoms with Gasteiger partial charge in [0.1, 0.15) is 5.01 Å². The molecule has 16 heavy (non-hydrogen) atoms. The lowest BCUT2D eigenvalue weighted by atomic mass is 10.2. The van der Waals surface area contributed by atoms with Crippen LogP contribution in [0.15, 0.2) is 6.20 Å². The molecule has 0 radical (unpaired) electrons. The van der Waals surface area contributed by atoms with Crippen LogP contribution in [0, 0.1) is 6.92 Å². The first-order valence-corrected chi connectivity index (χ1v) is 6.35. The van der Waals surface area contributed by atoms with Crippen LogP contribution in [0.25, 0.3) is 0 Å². The Morgan fingerprint density at radius 1 is 1.62 bits per heavy atom. The van der Waals surface area contributed by atoms with Crippen LogP contribution >= 0.6 is 11.3 Å². The molecule has 2 unspecified atom stereocenters. The second-order valence-corrected chi connectivity index (χ2v) is 5.25. The summed E-state index contributed by atoms with van der Waals surface area (Å²) in [5, 5.41) is 4.51. The molecule has 1 aromatic heterocycles. The predicted molar refractivity (Wildman–Crippen MR) is 67.7 cm³/mol. The highest BCUT2D eigenvalue weighted by atomic mass is 32.1. The Labute approximate surface area is 101 Å². The molecule has 0 aromatic carbocycles. The average Bonchev–Trinajstić information content (AvgIpc) is 2.69. The molecule has 2 atom stereocenters. The Bertz CT molecular complexity index is 303. The minimum absolute atomic E-state index is 0.142. The number of aromatic nitrogens is 1. The van der Waals surface area contributed by atoms with Gasteiger partial charge in [-0.3, -0.25) is 0 Å². The van der Waals surface area contributed by atoms with E-state index in [1.54, 1.807) is 18.4 Å². The summed E-state index contributed by atoms with van der Waals surface area (Å²) in [6.07, 6.45) is 2.79. The molecule has 0 aliphatic heterocycles. The van der Waals surface area contributed by atoms with Crippen molar-refractivity contribution in [3.8, 4) is 0 Å². The van der Waals surface area contributed by atoms with Crippen molar-refractivity contribution in [1.82, 2.24) is 10.3 Å². The first-order valence-electron chi connectivity index (χ1n) is 5.53. The summed E-state index contributed by atoms with van der Waals surface area (Å²) < 4.78 is 4.99.